The van der Waals surface area contributed by atoms with E-state index in [0.717, 1.165) is 5.56 Å². The number of nitrogens with two attached hydrogens (primary N) is 1. The van der Waals surface area contributed by atoms with E-state index in [1.165, 1.54) is 25.3 Å². The Bertz CT molecular complexity index is 359. The number of esters is 1. The highest BCUT2D eigenvalue weighted by Crippen LogP contribution is 2.05. The number of hydrogen-bond acceptors (Lipinski definition) is 3. The molecule has 4 heteroatoms. The summed E-state index contributed by atoms with van der Waals surface area (Å²) in [5, 5.41) is 0. The summed E-state index contributed by atoms with van der Waals surface area (Å²) in [7, 11) is 1.27. The number of hydrogen-bond donors (Lipinski definition) is 1. The van der Waals surface area contributed by atoms with E-state index in [1.54, 1.807) is 18.2 Å². The third-order valence-corrected chi connectivity index (χ3v) is 1.84. The maximum absolute atomic E-state index is 12.5. The van der Waals surface area contributed by atoms with Gasteiger partial charge in [-0.25, -0.2) is 4.39 Å². The van der Waals surface area contributed by atoms with Crippen molar-refractivity contribution in [3.05, 3.63) is 41.7 Å². The summed E-state index contributed by atoms with van der Waals surface area (Å²) in [4.78, 5) is 10.9. The first-order valence-electron chi connectivity index (χ1n) is 4.40. The molecule has 0 aliphatic rings. The van der Waals surface area contributed by atoms with Crippen molar-refractivity contribution in [2.45, 2.75) is 6.04 Å². The molecule has 0 heterocycles. The minimum Gasteiger partial charge on any atom is -0.468 e. The smallest absolute Gasteiger partial charge is 0.326 e. The van der Waals surface area contributed by atoms with E-state index in [4.69, 9.17) is 5.73 Å². The molecular formula is C11H12FNO2. The largest absolute Gasteiger partial charge is 0.468 e. The van der Waals surface area contributed by atoms with Gasteiger partial charge in [-0.2, -0.15) is 0 Å². The molecule has 1 atom stereocenters. The van der Waals surface area contributed by atoms with Crippen molar-refractivity contribution in [1.82, 2.24) is 0 Å². The van der Waals surface area contributed by atoms with Crippen molar-refractivity contribution < 1.29 is 13.9 Å². The van der Waals surface area contributed by atoms with Crippen LogP contribution in [0.25, 0.3) is 6.08 Å². The van der Waals surface area contributed by atoms with Crippen molar-refractivity contribution in [3.8, 4) is 0 Å². The molecule has 1 aromatic carbocycles. The molecule has 0 saturated carbocycles. The molecule has 0 aromatic heterocycles. The van der Waals surface area contributed by atoms with Crippen LogP contribution in [-0.2, 0) is 9.53 Å². The highest BCUT2D eigenvalue weighted by atomic mass is 19.1. The normalized spacial score (nSPS) is 12.7. The molecule has 0 radical (unpaired) electrons. The number of carbonyl (C=O) groups excluding carboxylic acids is 1. The molecule has 0 saturated heterocycles. The van der Waals surface area contributed by atoms with Crippen molar-refractivity contribution >= 4 is 12.0 Å². The van der Waals surface area contributed by atoms with Gasteiger partial charge in [0, 0.05) is 0 Å². The number of benzene rings is 1. The van der Waals surface area contributed by atoms with Crippen molar-refractivity contribution in [2.24, 2.45) is 5.73 Å². The third-order valence-electron chi connectivity index (χ3n) is 1.84. The predicted octanol–water partition coefficient (Wildman–Crippen LogP) is 1.34. The fourth-order valence-corrected chi connectivity index (χ4v) is 1.00. The van der Waals surface area contributed by atoms with Crippen molar-refractivity contribution in [1.29, 1.82) is 0 Å². The topological polar surface area (TPSA) is 52.3 Å². The number of methoxy groups -OCH3 is 1. The highest BCUT2D eigenvalue weighted by molar-refractivity contribution is 5.79. The molecule has 3 nitrogen and oxygen atoms in total. The lowest BCUT2D eigenvalue weighted by atomic mass is 10.2. The van der Waals surface area contributed by atoms with Crippen LogP contribution in [0.15, 0.2) is 30.3 Å². The van der Waals surface area contributed by atoms with Gasteiger partial charge in [0.1, 0.15) is 11.9 Å². The molecule has 0 bridgehead atoms. The average Bonchev–Trinajstić information content (AvgIpc) is 2.26. The Balaban J connectivity index is 2.65. The summed E-state index contributed by atoms with van der Waals surface area (Å²) in [5.41, 5.74) is 6.24. The molecule has 0 amide bonds. The van der Waals surface area contributed by atoms with Gasteiger partial charge in [0.2, 0.25) is 0 Å². The Morgan fingerprint density at radius 3 is 2.60 bits per heavy atom. The average molecular weight is 209 g/mol. The first kappa shape index (κ1) is 11.4. The molecule has 0 aliphatic heterocycles. The zero-order valence-corrected chi connectivity index (χ0v) is 8.31. The Morgan fingerprint density at radius 2 is 2.07 bits per heavy atom. The van der Waals surface area contributed by atoms with Gasteiger partial charge in [-0.05, 0) is 17.7 Å². The summed E-state index contributed by atoms with van der Waals surface area (Å²) in [5.74, 6) is -0.808. The molecule has 15 heavy (non-hydrogen) atoms. The molecule has 2 N–H and O–H groups in total. The lowest BCUT2D eigenvalue weighted by Crippen LogP contribution is -2.28. The maximum Gasteiger partial charge on any atom is 0.326 e. The summed E-state index contributed by atoms with van der Waals surface area (Å²) in [6.45, 7) is 0. The van der Waals surface area contributed by atoms with Crippen LogP contribution < -0.4 is 5.73 Å². The van der Waals surface area contributed by atoms with Gasteiger partial charge in [0.05, 0.1) is 7.11 Å². The monoisotopic (exact) mass is 209 g/mol. The number of ether oxygens (including phenoxy) is 1. The Hall–Kier alpha value is -1.68. The predicted molar refractivity (Wildman–Crippen MR) is 55.4 cm³/mol. The SMILES string of the molecule is COC(=O)[C@@H](N)/C=C/c1ccc(F)cc1. The molecule has 1 rings (SSSR count). The van der Waals surface area contributed by atoms with Gasteiger partial charge in [0.25, 0.3) is 0 Å². The van der Waals surface area contributed by atoms with E-state index in [2.05, 4.69) is 4.74 Å². The van der Waals surface area contributed by atoms with E-state index in [9.17, 15) is 9.18 Å². The quantitative estimate of drug-likeness (QED) is 0.764. The van der Waals surface area contributed by atoms with Crippen LogP contribution in [0.3, 0.4) is 0 Å². The molecule has 0 spiro atoms. The van der Waals surface area contributed by atoms with E-state index in [-0.39, 0.29) is 5.82 Å². The fraction of sp³-hybridized carbons (Fsp3) is 0.182. The second kappa shape index (κ2) is 5.26. The molecule has 0 fully saturated rings. The number of rotatable bonds is 3. The summed E-state index contributed by atoms with van der Waals surface area (Å²) in [6.07, 6.45) is 3.14. The Morgan fingerprint density at radius 1 is 1.47 bits per heavy atom. The van der Waals surface area contributed by atoms with Gasteiger partial charge in [-0.1, -0.05) is 24.3 Å². The standard InChI is InChI=1S/C11H12FNO2/c1-15-11(14)10(13)7-4-8-2-5-9(12)6-3-8/h2-7,10H,13H2,1H3/b7-4+/t10-/m0/s1. The first-order chi connectivity index (χ1) is 7.13. The molecular weight excluding hydrogens is 197 g/mol. The molecule has 0 aliphatic carbocycles. The van der Waals surface area contributed by atoms with Crippen LogP contribution in [0.2, 0.25) is 0 Å². The third kappa shape index (κ3) is 3.52. The maximum atomic E-state index is 12.5. The second-order valence-electron chi connectivity index (χ2n) is 2.96. The van der Waals surface area contributed by atoms with Crippen LogP contribution in [-0.4, -0.2) is 19.1 Å². The van der Waals surface area contributed by atoms with E-state index in [0.29, 0.717) is 0 Å². The van der Waals surface area contributed by atoms with Gasteiger partial charge in [-0.3, -0.25) is 4.79 Å². The lowest BCUT2D eigenvalue weighted by Gasteiger charge is -2.02. The highest BCUT2D eigenvalue weighted by Gasteiger charge is 2.08. The van der Waals surface area contributed by atoms with E-state index < -0.39 is 12.0 Å². The molecule has 1 aromatic rings. The number of halogens is 1. The zero-order valence-electron chi connectivity index (χ0n) is 8.31. The van der Waals surface area contributed by atoms with Crippen LogP contribution in [0.4, 0.5) is 4.39 Å². The Kier molecular flexibility index (Phi) is 4.00. The lowest BCUT2D eigenvalue weighted by molar-refractivity contribution is -0.140. The Labute approximate surface area is 87.3 Å². The van der Waals surface area contributed by atoms with E-state index in [1.807, 2.05) is 0 Å². The second-order valence-corrected chi connectivity index (χ2v) is 2.96. The van der Waals surface area contributed by atoms with Gasteiger partial charge in [-0.15, -0.1) is 0 Å². The first-order valence-corrected chi connectivity index (χ1v) is 4.40. The van der Waals surface area contributed by atoms with Crippen molar-refractivity contribution in [2.75, 3.05) is 7.11 Å². The minimum atomic E-state index is -0.792. The van der Waals surface area contributed by atoms with E-state index >= 15 is 0 Å². The van der Waals surface area contributed by atoms with Gasteiger partial charge >= 0.3 is 5.97 Å². The zero-order chi connectivity index (χ0) is 11.3. The van der Waals surface area contributed by atoms with Gasteiger partial charge < -0.3 is 10.5 Å². The minimum absolute atomic E-state index is 0.301. The van der Waals surface area contributed by atoms with Crippen LogP contribution in [0.1, 0.15) is 5.56 Å². The van der Waals surface area contributed by atoms with Crippen LogP contribution in [0, 0.1) is 5.82 Å². The molecule has 80 valence electrons. The summed E-state index contributed by atoms with van der Waals surface area (Å²) < 4.78 is 17.0. The molecule has 0 unspecified atom stereocenters. The van der Waals surface area contributed by atoms with Crippen LogP contribution >= 0.6 is 0 Å². The summed E-state index contributed by atoms with van der Waals surface area (Å²) in [6, 6.07) is 5.07. The number of carbonyl (C=O) groups is 1. The summed E-state index contributed by atoms with van der Waals surface area (Å²) >= 11 is 0. The van der Waals surface area contributed by atoms with Crippen LogP contribution in [0.5, 0.6) is 0 Å². The fourth-order valence-electron chi connectivity index (χ4n) is 1.00. The van der Waals surface area contributed by atoms with Crippen molar-refractivity contribution in [3.63, 3.8) is 0 Å². The van der Waals surface area contributed by atoms with Gasteiger partial charge in [0.15, 0.2) is 0 Å².